The molecule has 0 saturated heterocycles. The highest BCUT2D eigenvalue weighted by Gasteiger charge is 2.42. The number of hydrogen-bond donors (Lipinski definition) is 2. The molecular formula is C11H22N2O2S. The highest BCUT2D eigenvalue weighted by Crippen LogP contribution is 2.36. The third kappa shape index (κ3) is 3.37. The number of likely N-dealkylation sites (N-methyl/N-ethyl adjacent to an activating group) is 1. The lowest BCUT2D eigenvalue weighted by Crippen LogP contribution is -2.52. The van der Waals surface area contributed by atoms with Crippen LogP contribution in [-0.4, -0.2) is 43.2 Å². The average molecular weight is 246 g/mol. The Balaban J connectivity index is 2.31. The summed E-state index contributed by atoms with van der Waals surface area (Å²) in [5.41, 5.74) is 4.99. The summed E-state index contributed by atoms with van der Waals surface area (Å²) in [7, 11) is 3.54. The zero-order valence-corrected chi connectivity index (χ0v) is 10.9. The Morgan fingerprint density at radius 2 is 2.44 bits per heavy atom. The molecule has 1 fully saturated rings. The molecule has 4 nitrogen and oxygen atoms in total. The van der Waals surface area contributed by atoms with Gasteiger partial charge in [0.2, 0.25) is 5.91 Å². The molecule has 1 amide bonds. The van der Waals surface area contributed by atoms with E-state index in [9.17, 15) is 4.79 Å². The van der Waals surface area contributed by atoms with Gasteiger partial charge in [-0.05, 0) is 38.5 Å². The molecule has 0 radical (unpaired) electrons. The number of hydrogen-bond acceptors (Lipinski definition) is 4. The van der Waals surface area contributed by atoms with Crippen molar-refractivity contribution in [1.29, 1.82) is 0 Å². The van der Waals surface area contributed by atoms with Gasteiger partial charge in [-0.25, -0.2) is 0 Å². The molecule has 1 aliphatic carbocycles. The van der Waals surface area contributed by atoms with Gasteiger partial charge in [0.25, 0.3) is 0 Å². The minimum atomic E-state index is -0.459. The lowest BCUT2D eigenvalue weighted by Gasteiger charge is -2.24. The van der Waals surface area contributed by atoms with Crippen LogP contribution in [0.1, 0.15) is 25.7 Å². The Morgan fingerprint density at radius 1 is 1.69 bits per heavy atom. The van der Waals surface area contributed by atoms with Crippen LogP contribution in [0.3, 0.4) is 0 Å². The van der Waals surface area contributed by atoms with E-state index in [1.165, 1.54) is 0 Å². The first-order chi connectivity index (χ1) is 7.64. The summed E-state index contributed by atoms with van der Waals surface area (Å²) in [5, 5.41) is 3.65. The fraction of sp³-hybridized carbons (Fsp3) is 0.909. The topological polar surface area (TPSA) is 64.3 Å². The van der Waals surface area contributed by atoms with E-state index in [1.54, 1.807) is 7.11 Å². The van der Waals surface area contributed by atoms with E-state index in [0.717, 1.165) is 38.0 Å². The van der Waals surface area contributed by atoms with Gasteiger partial charge in [0.15, 0.2) is 0 Å². The van der Waals surface area contributed by atoms with Crippen LogP contribution < -0.4 is 11.1 Å². The third-order valence-electron chi connectivity index (χ3n) is 3.27. The summed E-state index contributed by atoms with van der Waals surface area (Å²) in [6, 6.07) is 0. The molecule has 0 bridgehead atoms. The Bertz CT molecular complexity index is 238. The van der Waals surface area contributed by atoms with Crippen molar-refractivity contribution in [2.75, 3.05) is 26.5 Å². The van der Waals surface area contributed by atoms with E-state index in [0.29, 0.717) is 5.25 Å². The minimum Gasteiger partial charge on any atom is -0.385 e. The molecule has 0 aromatic rings. The first kappa shape index (κ1) is 13.8. The van der Waals surface area contributed by atoms with E-state index in [4.69, 9.17) is 10.5 Å². The van der Waals surface area contributed by atoms with Crippen molar-refractivity contribution in [2.24, 2.45) is 5.73 Å². The molecule has 16 heavy (non-hydrogen) atoms. The van der Waals surface area contributed by atoms with E-state index >= 15 is 0 Å². The van der Waals surface area contributed by atoms with Crippen molar-refractivity contribution in [1.82, 2.24) is 5.32 Å². The second-order valence-electron chi connectivity index (χ2n) is 4.28. The predicted molar refractivity (Wildman–Crippen MR) is 67.6 cm³/mol. The van der Waals surface area contributed by atoms with Gasteiger partial charge in [-0.1, -0.05) is 0 Å². The Kier molecular flexibility index (Phi) is 5.58. The fourth-order valence-corrected chi connectivity index (χ4v) is 3.47. The van der Waals surface area contributed by atoms with Gasteiger partial charge in [0.05, 0.1) is 5.54 Å². The lowest BCUT2D eigenvalue weighted by molar-refractivity contribution is -0.124. The molecule has 1 aliphatic rings. The number of rotatable bonds is 7. The molecule has 2 unspecified atom stereocenters. The molecule has 5 heteroatoms. The van der Waals surface area contributed by atoms with Gasteiger partial charge < -0.3 is 15.8 Å². The molecule has 0 heterocycles. The number of nitrogens with two attached hydrogens (primary N) is 1. The number of primary amides is 1. The standard InChI is InChI=1S/C11H22N2O2S/c1-13-11(10(12)14)5-4-9(8-11)16-7-3-6-15-2/h9,13H,3-8H2,1-2H3,(H2,12,14). The Labute approximate surface area is 102 Å². The smallest absolute Gasteiger partial charge is 0.237 e. The van der Waals surface area contributed by atoms with E-state index in [2.05, 4.69) is 5.32 Å². The molecule has 1 saturated carbocycles. The van der Waals surface area contributed by atoms with Crippen LogP contribution in [0.4, 0.5) is 0 Å². The highest BCUT2D eigenvalue weighted by molar-refractivity contribution is 7.99. The maximum Gasteiger partial charge on any atom is 0.237 e. The second kappa shape index (κ2) is 6.47. The van der Waals surface area contributed by atoms with Crippen LogP contribution in [-0.2, 0) is 9.53 Å². The Hall–Kier alpha value is -0.260. The van der Waals surface area contributed by atoms with Crippen molar-refractivity contribution in [3.8, 4) is 0 Å². The van der Waals surface area contributed by atoms with Crippen molar-refractivity contribution in [2.45, 2.75) is 36.5 Å². The average Bonchev–Trinajstić information content (AvgIpc) is 2.69. The van der Waals surface area contributed by atoms with E-state index in [-0.39, 0.29) is 5.91 Å². The van der Waals surface area contributed by atoms with Crippen molar-refractivity contribution in [3.63, 3.8) is 0 Å². The summed E-state index contributed by atoms with van der Waals surface area (Å²) in [6.45, 7) is 0.812. The largest absolute Gasteiger partial charge is 0.385 e. The molecule has 0 aliphatic heterocycles. The molecule has 0 aromatic heterocycles. The van der Waals surface area contributed by atoms with Crippen LogP contribution in [0, 0.1) is 0 Å². The zero-order valence-electron chi connectivity index (χ0n) is 10.1. The first-order valence-electron chi connectivity index (χ1n) is 5.74. The second-order valence-corrected chi connectivity index (χ2v) is 5.69. The molecule has 0 spiro atoms. The maximum absolute atomic E-state index is 11.4. The van der Waals surface area contributed by atoms with Crippen molar-refractivity contribution >= 4 is 17.7 Å². The fourth-order valence-electron chi connectivity index (χ4n) is 2.17. The number of carbonyl (C=O) groups excluding carboxylic acids is 1. The third-order valence-corrected chi connectivity index (χ3v) is 4.66. The monoisotopic (exact) mass is 246 g/mol. The summed E-state index contributed by atoms with van der Waals surface area (Å²) in [4.78, 5) is 11.4. The van der Waals surface area contributed by atoms with Crippen LogP contribution in [0.15, 0.2) is 0 Å². The molecule has 3 N–H and O–H groups in total. The van der Waals surface area contributed by atoms with Crippen molar-refractivity contribution in [3.05, 3.63) is 0 Å². The number of ether oxygens (including phenoxy) is 1. The first-order valence-corrected chi connectivity index (χ1v) is 6.79. The number of nitrogens with one attached hydrogen (secondary N) is 1. The molecule has 0 aromatic carbocycles. The van der Waals surface area contributed by atoms with Crippen LogP contribution >= 0.6 is 11.8 Å². The van der Waals surface area contributed by atoms with Gasteiger partial charge >= 0.3 is 0 Å². The van der Waals surface area contributed by atoms with Crippen LogP contribution in [0.25, 0.3) is 0 Å². The van der Waals surface area contributed by atoms with Crippen LogP contribution in [0.2, 0.25) is 0 Å². The van der Waals surface area contributed by atoms with Crippen molar-refractivity contribution < 1.29 is 9.53 Å². The summed E-state index contributed by atoms with van der Waals surface area (Å²) >= 11 is 1.93. The van der Waals surface area contributed by atoms with Gasteiger partial charge in [-0.15, -0.1) is 0 Å². The van der Waals surface area contributed by atoms with Gasteiger partial charge in [0.1, 0.15) is 0 Å². The molecule has 94 valence electrons. The summed E-state index contributed by atoms with van der Waals surface area (Å²) in [5.74, 6) is 0.881. The van der Waals surface area contributed by atoms with Gasteiger partial charge in [-0.3, -0.25) is 4.79 Å². The SMILES string of the molecule is CNC1(C(N)=O)CCC(SCCCOC)C1. The quantitative estimate of drug-likeness (QED) is 0.651. The number of methoxy groups -OCH3 is 1. The van der Waals surface area contributed by atoms with Crippen LogP contribution in [0.5, 0.6) is 0 Å². The summed E-state index contributed by atoms with van der Waals surface area (Å²) < 4.78 is 5.01. The molecule has 2 atom stereocenters. The normalized spacial score (nSPS) is 29.5. The van der Waals surface area contributed by atoms with Gasteiger partial charge in [0, 0.05) is 19.0 Å². The Morgan fingerprint density at radius 3 is 2.94 bits per heavy atom. The van der Waals surface area contributed by atoms with E-state index < -0.39 is 5.54 Å². The van der Waals surface area contributed by atoms with E-state index in [1.807, 2.05) is 18.8 Å². The minimum absolute atomic E-state index is 0.213. The number of thioether (sulfide) groups is 1. The molecular weight excluding hydrogens is 224 g/mol. The lowest BCUT2D eigenvalue weighted by atomic mass is 9.97. The molecule has 1 rings (SSSR count). The zero-order chi connectivity index (χ0) is 12.0. The predicted octanol–water partition coefficient (Wildman–Crippen LogP) is 0.752. The highest BCUT2D eigenvalue weighted by atomic mass is 32.2. The summed E-state index contributed by atoms with van der Waals surface area (Å²) in [6.07, 6.45) is 3.86. The number of amides is 1. The van der Waals surface area contributed by atoms with Gasteiger partial charge in [-0.2, -0.15) is 11.8 Å². The number of carbonyl (C=O) groups is 1. The maximum atomic E-state index is 11.4.